The molecule has 1 unspecified atom stereocenters. The lowest BCUT2D eigenvalue weighted by molar-refractivity contribution is 0.0841. The molecule has 0 saturated carbocycles. The van der Waals surface area contributed by atoms with E-state index < -0.39 is 11.7 Å². The van der Waals surface area contributed by atoms with E-state index >= 15 is 0 Å². The molecule has 0 bridgehead atoms. The van der Waals surface area contributed by atoms with Crippen molar-refractivity contribution in [1.82, 2.24) is 0 Å². The molecule has 0 aromatic heterocycles. The van der Waals surface area contributed by atoms with Gasteiger partial charge in [0.2, 0.25) is 0 Å². The molecule has 4 rings (SSSR count). The van der Waals surface area contributed by atoms with E-state index in [9.17, 15) is 20.1 Å². The van der Waals surface area contributed by atoms with Gasteiger partial charge < -0.3 is 24.8 Å². The second-order valence-corrected chi connectivity index (χ2v) is 8.81. The molecular weight excluding hydrogens is 396 g/mol. The molecule has 2 aromatic rings. The summed E-state index contributed by atoms with van der Waals surface area (Å²) in [5.41, 5.74) is 2.58. The Labute approximate surface area is 181 Å². The van der Waals surface area contributed by atoms with Crippen LogP contribution in [0.1, 0.15) is 67.3 Å². The van der Waals surface area contributed by atoms with E-state index in [1.807, 2.05) is 45.9 Å². The molecule has 0 radical (unpaired) electrons. The lowest BCUT2D eigenvalue weighted by Gasteiger charge is -2.32. The molecule has 0 aliphatic carbocycles. The highest BCUT2D eigenvalue weighted by Gasteiger charge is 2.35. The Morgan fingerprint density at radius 2 is 1.94 bits per heavy atom. The topological polar surface area (TPSA) is 96.2 Å². The number of carbonyl (C=O) groups is 1. The smallest absolute Gasteiger partial charge is 0.174 e. The number of hydrogen-bond donors (Lipinski definition) is 3. The fraction of sp³-hybridized carbons (Fsp3) is 0.320. The van der Waals surface area contributed by atoms with Gasteiger partial charge in [-0.05, 0) is 57.9 Å². The van der Waals surface area contributed by atoms with Gasteiger partial charge in [-0.15, -0.1) is 0 Å². The number of Topliss-reactive ketones (excluding diaryl/α,β-unsaturated/α-hetero) is 1. The lowest BCUT2D eigenvalue weighted by atomic mass is 9.89. The van der Waals surface area contributed by atoms with E-state index in [0.717, 1.165) is 17.2 Å². The molecule has 0 amide bonds. The number of rotatable bonds is 3. The SMILES string of the molecule is CC(C)=CCc1cc(C2CC(=O)c3c(O)cc(O)cc3O2)c(O)c2c1OC(C)(C)C=C2. The second kappa shape index (κ2) is 7.38. The first-order chi connectivity index (χ1) is 14.6. The van der Waals surface area contributed by atoms with E-state index in [1.165, 1.54) is 6.07 Å². The summed E-state index contributed by atoms with van der Waals surface area (Å²) in [4.78, 5) is 12.7. The molecule has 2 aliphatic rings. The number of allylic oxidation sites excluding steroid dienone is 2. The number of carbonyl (C=O) groups excluding carboxylic acids is 1. The molecular formula is C25H26O6. The Morgan fingerprint density at radius 1 is 1.19 bits per heavy atom. The maximum absolute atomic E-state index is 12.7. The highest BCUT2D eigenvalue weighted by Crippen LogP contribution is 2.48. The summed E-state index contributed by atoms with van der Waals surface area (Å²) in [7, 11) is 0. The van der Waals surface area contributed by atoms with Crippen molar-refractivity contribution in [3.05, 3.63) is 58.2 Å². The van der Waals surface area contributed by atoms with Gasteiger partial charge in [0, 0.05) is 17.7 Å². The van der Waals surface area contributed by atoms with Crippen LogP contribution in [-0.2, 0) is 6.42 Å². The summed E-state index contributed by atoms with van der Waals surface area (Å²) in [5, 5.41) is 30.9. The van der Waals surface area contributed by atoms with Gasteiger partial charge in [0.15, 0.2) is 5.78 Å². The lowest BCUT2D eigenvalue weighted by Crippen LogP contribution is -2.28. The van der Waals surface area contributed by atoms with Crippen LogP contribution in [0.25, 0.3) is 6.08 Å². The number of benzene rings is 2. The summed E-state index contributed by atoms with van der Waals surface area (Å²) in [6, 6.07) is 4.22. The van der Waals surface area contributed by atoms with Crippen molar-refractivity contribution >= 4 is 11.9 Å². The summed E-state index contributed by atoms with van der Waals surface area (Å²) in [5.74, 6) is -0.148. The van der Waals surface area contributed by atoms with Crippen molar-refractivity contribution in [2.75, 3.05) is 0 Å². The molecule has 0 fully saturated rings. The molecule has 3 N–H and O–H groups in total. The minimum Gasteiger partial charge on any atom is -0.508 e. The molecule has 6 heteroatoms. The molecule has 0 spiro atoms. The maximum Gasteiger partial charge on any atom is 0.174 e. The van der Waals surface area contributed by atoms with Gasteiger partial charge in [-0.3, -0.25) is 4.79 Å². The van der Waals surface area contributed by atoms with E-state index in [4.69, 9.17) is 9.47 Å². The molecule has 2 heterocycles. The third-order valence-electron chi connectivity index (χ3n) is 5.47. The van der Waals surface area contributed by atoms with Crippen molar-refractivity contribution in [3.8, 4) is 28.7 Å². The van der Waals surface area contributed by atoms with Crippen LogP contribution in [0.3, 0.4) is 0 Å². The average molecular weight is 422 g/mol. The van der Waals surface area contributed by atoms with Crippen molar-refractivity contribution in [3.63, 3.8) is 0 Å². The van der Waals surface area contributed by atoms with Crippen LogP contribution in [0.15, 0.2) is 35.9 Å². The highest BCUT2D eigenvalue weighted by atomic mass is 16.5. The van der Waals surface area contributed by atoms with Crippen LogP contribution in [0.2, 0.25) is 0 Å². The predicted molar refractivity (Wildman–Crippen MR) is 117 cm³/mol. The van der Waals surface area contributed by atoms with Gasteiger partial charge in [0.05, 0.1) is 12.0 Å². The Morgan fingerprint density at radius 3 is 2.65 bits per heavy atom. The molecule has 0 saturated heterocycles. The Balaban J connectivity index is 1.83. The van der Waals surface area contributed by atoms with Crippen molar-refractivity contribution in [2.45, 2.75) is 52.2 Å². The molecule has 1 atom stereocenters. The number of phenolic OH excluding ortho intramolecular Hbond substituents is 3. The van der Waals surface area contributed by atoms with Crippen LogP contribution >= 0.6 is 0 Å². The number of fused-ring (bicyclic) bond motifs is 2. The van der Waals surface area contributed by atoms with Crippen LogP contribution in [0, 0.1) is 0 Å². The van der Waals surface area contributed by atoms with Crippen LogP contribution in [-0.4, -0.2) is 26.7 Å². The number of phenols is 3. The average Bonchev–Trinajstić information content (AvgIpc) is 2.65. The number of ether oxygens (including phenoxy) is 2. The normalized spacial score (nSPS) is 18.5. The molecule has 162 valence electrons. The first-order valence-electron chi connectivity index (χ1n) is 10.2. The maximum atomic E-state index is 12.7. The Hall–Kier alpha value is -3.41. The van der Waals surface area contributed by atoms with Gasteiger partial charge in [0.1, 0.15) is 46.0 Å². The first-order valence-corrected chi connectivity index (χ1v) is 10.2. The standard InChI is InChI=1S/C25H26O6/c1-13(2)5-6-14-9-17(23(29)16-7-8-25(3,4)31-24(14)16)20-12-19(28)22-18(27)10-15(26)11-21(22)30-20/h5,7-11,20,26-27,29H,6,12H2,1-4H3. The monoisotopic (exact) mass is 422 g/mol. The Kier molecular flexibility index (Phi) is 4.96. The number of ketones is 1. The third kappa shape index (κ3) is 3.85. The number of hydrogen-bond acceptors (Lipinski definition) is 6. The fourth-order valence-corrected chi connectivity index (χ4v) is 3.92. The largest absolute Gasteiger partial charge is 0.508 e. The van der Waals surface area contributed by atoms with Crippen LogP contribution < -0.4 is 9.47 Å². The summed E-state index contributed by atoms with van der Waals surface area (Å²) < 4.78 is 12.1. The van der Waals surface area contributed by atoms with E-state index in [0.29, 0.717) is 23.3 Å². The van der Waals surface area contributed by atoms with E-state index in [-0.39, 0.29) is 40.8 Å². The zero-order valence-corrected chi connectivity index (χ0v) is 18.0. The summed E-state index contributed by atoms with van der Waals surface area (Å²) >= 11 is 0. The highest BCUT2D eigenvalue weighted by molar-refractivity contribution is 6.02. The predicted octanol–water partition coefficient (Wildman–Crippen LogP) is 5.20. The number of aromatic hydroxyl groups is 3. The van der Waals surface area contributed by atoms with Crippen molar-refractivity contribution in [1.29, 1.82) is 0 Å². The zero-order valence-electron chi connectivity index (χ0n) is 18.0. The molecule has 6 nitrogen and oxygen atoms in total. The van der Waals surface area contributed by atoms with Gasteiger partial charge in [-0.1, -0.05) is 11.6 Å². The van der Waals surface area contributed by atoms with E-state index in [1.54, 1.807) is 0 Å². The molecule has 2 aromatic carbocycles. The van der Waals surface area contributed by atoms with Gasteiger partial charge in [0.25, 0.3) is 0 Å². The third-order valence-corrected chi connectivity index (χ3v) is 5.47. The quantitative estimate of drug-likeness (QED) is 0.588. The van der Waals surface area contributed by atoms with Gasteiger partial charge >= 0.3 is 0 Å². The molecule has 2 aliphatic heterocycles. The van der Waals surface area contributed by atoms with Gasteiger partial charge in [-0.2, -0.15) is 0 Å². The summed E-state index contributed by atoms with van der Waals surface area (Å²) in [6.45, 7) is 7.91. The zero-order chi connectivity index (χ0) is 22.5. The van der Waals surface area contributed by atoms with Crippen molar-refractivity contribution in [2.24, 2.45) is 0 Å². The Bertz CT molecular complexity index is 1140. The minimum atomic E-state index is -0.764. The second-order valence-electron chi connectivity index (χ2n) is 8.81. The fourth-order valence-electron chi connectivity index (χ4n) is 3.92. The van der Waals surface area contributed by atoms with Crippen LogP contribution in [0.5, 0.6) is 28.7 Å². The summed E-state index contributed by atoms with van der Waals surface area (Å²) in [6.07, 6.45) is 5.57. The van der Waals surface area contributed by atoms with E-state index in [2.05, 4.69) is 6.08 Å². The van der Waals surface area contributed by atoms with Crippen LogP contribution in [0.4, 0.5) is 0 Å². The van der Waals surface area contributed by atoms with Crippen molar-refractivity contribution < 1.29 is 29.6 Å². The molecule has 31 heavy (non-hydrogen) atoms. The van der Waals surface area contributed by atoms with Gasteiger partial charge in [-0.25, -0.2) is 0 Å². The first kappa shape index (κ1) is 20.8. The minimum absolute atomic E-state index is 0.00618.